The number of carbonyl (C=O) groups excluding carboxylic acids is 2. The van der Waals surface area contributed by atoms with Crippen LogP contribution in [-0.2, 0) is 26.3 Å². The Labute approximate surface area is 215 Å². The number of likely N-dealkylation sites (N-methyl/N-ethyl adjacent to an activating group) is 1. The summed E-state index contributed by atoms with van der Waals surface area (Å²) in [4.78, 5) is 28.1. The number of fused-ring (bicyclic) bond motifs is 3. The topological polar surface area (TPSA) is 73.3 Å². The number of benzene rings is 2. The van der Waals surface area contributed by atoms with Gasteiger partial charge in [0.2, 0.25) is 5.78 Å². The van der Waals surface area contributed by atoms with Crippen LogP contribution in [0.1, 0.15) is 28.3 Å². The summed E-state index contributed by atoms with van der Waals surface area (Å²) in [5, 5.41) is 13.8. The quantitative estimate of drug-likeness (QED) is 0.469. The molecule has 11 heteroatoms. The number of allylic oxidation sites excluding steroid dienone is 1. The summed E-state index contributed by atoms with van der Waals surface area (Å²) in [6.45, 7) is 3.92. The molecule has 2 fully saturated rings. The number of alkyl halides is 3. The maximum absolute atomic E-state index is 14.1. The molecule has 0 bridgehead atoms. The number of amides is 1. The lowest BCUT2D eigenvalue weighted by Crippen LogP contribution is -2.67. The van der Waals surface area contributed by atoms with Crippen LogP contribution in [0.4, 0.5) is 13.2 Å². The minimum Gasteiger partial charge on any atom is -0.503 e. The zero-order chi connectivity index (χ0) is 26.5. The number of hydrazine groups is 1. The number of hydrogen-bond acceptors (Lipinski definition) is 7. The Morgan fingerprint density at radius 3 is 2.65 bits per heavy atom. The van der Waals surface area contributed by atoms with Gasteiger partial charge in [-0.15, -0.1) is 11.8 Å². The summed E-state index contributed by atoms with van der Waals surface area (Å²) in [7, 11) is 1.51. The smallest absolute Gasteiger partial charge is 0.416 e. The van der Waals surface area contributed by atoms with Crippen molar-refractivity contribution in [2.75, 3.05) is 26.8 Å². The van der Waals surface area contributed by atoms with Gasteiger partial charge < -0.3 is 14.7 Å². The fourth-order valence-corrected chi connectivity index (χ4v) is 6.32. The summed E-state index contributed by atoms with van der Waals surface area (Å²) < 4.78 is 48.0. The number of ketones is 1. The van der Waals surface area contributed by atoms with Crippen LogP contribution >= 0.6 is 11.8 Å². The number of aliphatic hydroxyl groups excluding tert-OH is 1. The Balaban J connectivity index is 1.78. The molecule has 3 heterocycles. The molecule has 0 radical (unpaired) electrons. The Hall–Kier alpha value is -3.28. The molecular weight excluding hydrogens is 507 g/mol. The summed E-state index contributed by atoms with van der Waals surface area (Å²) in [6, 6.07) is 10.7. The van der Waals surface area contributed by atoms with E-state index in [1.807, 2.05) is 24.3 Å². The maximum atomic E-state index is 14.1. The first-order chi connectivity index (χ1) is 17.6. The van der Waals surface area contributed by atoms with Crippen molar-refractivity contribution >= 4 is 23.5 Å². The van der Waals surface area contributed by atoms with Crippen LogP contribution in [0.5, 0.6) is 0 Å². The number of thioether (sulfide) groups is 1. The number of rotatable bonds is 3. The molecule has 0 spiro atoms. The van der Waals surface area contributed by atoms with Gasteiger partial charge in [-0.05, 0) is 34.9 Å². The molecule has 0 saturated carbocycles. The van der Waals surface area contributed by atoms with Gasteiger partial charge in [-0.1, -0.05) is 36.9 Å². The second-order valence-electron chi connectivity index (χ2n) is 8.82. The molecule has 3 aliphatic heterocycles. The number of carbonyl (C=O) groups is 2. The van der Waals surface area contributed by atoms with Crippen molar-refractivity contribution < 1.29 is 32.6 Å². The maximum Gasteiger partial charge on any atom is 0.416 e. The van der Waals surface area contributed by atoms with Crippen molar-refractivity contribution in [3.8, 4) is 0 Å². The third-order valence-electron chi connectivity index (χ3n) is 6.85. The van der Waals surface area contributed by atoms with Crippen LogP contribution in [0.2, 0.25) is 0 Å². The number of hydrogen-bond donors (Lipinski definition) is 1. The highest BCUT2D eigenvalue weighted by Crippen LogP contribution is 2.48. The predicted molar refractivity (Wildman–Crippen MR) is 130 cm³/mol. The van der Waals surface area contributed by atoms with E-state index in [-0.39, 0.29) is 36.8 Å². The Morgan fingerprint density at radius 2 is 1.92 bits per heavy atom. The first-order valence-corrected chi connectivity index (χ1v) is 12.5. The van der Waals surface area contributed by atoms with Crippen molar-refractivity contribution in [3.63, 3.8) is 0 Å². The van der Waals surface area contributed by atoms with Gasteiger partial charge in [-0.2, -0.15) is 18.2 Å². The molecule has 2 aromatic carbocycles. The molecule has 2 aromatic rings. The fraction of sp³-hybridized carbons (Fsp3) is 0.308. The predicted octanol–water partition coefficient (Wildman–Crippen LogP) is 4.27. The largest absolute Gasteiger partial charge is 0.503 e. The molecule has 37 heavy (non-hydrogen) atoms. The number of aliphatic hydroxyl groups is 1. The molecule has 2 atom stereocenters. The summed E-state index contributed by atoms with van der Waals surface area (Å²) in [6.07, 6.45) is -4.34. The van der Waals surface area contributed by atoms with Gasteiger partial charge >= 0.3 is 6.18 Å². The first kappa shape index (κ1) is 25.4. The molecular formula is C26H24F3N3O4S. The van der Waals surface area contributed by atoms with E-state index in [0.29, 0.717) is 5.56 Å². The highest BCUT2D eigenvalue weighted by atomic mass is 32.2. The lowest BCUT2D eigenvalue weighted by molar-refractivity contribution is -0.194. The third-order valence-corrected chi connectivity index (χ3v) is 7.96. The Bertz CT molecular complexity index is 1310. The van der Waals surface area contributed by atoms with E-state index < -0.39 is 41.4 Å². The van der Waals surface area contributed by atoms with Gasteiger partial charge in [0, 0.05) is 24.2 Å². The second-order valence-corrected chi connectivity index (χ2v) is 9.84. The number of nitrogens with zero attached hydrogens (tertiary/aromatic N) is 3. The molecule has 5 rings (SSSR count). The zero-order valence-corrected chi connectivity index (χ0v) is 20.7. The van der Waals surface area contributed by atoms with Gasteiger partial charge in [-0.3, -0.25) is 14.6 Å². The van der Waals surface area contributed by atoms with Crippen molar-refractivity contribution in [1.82, 2.24) is 14.9 Å². The van der Waals surface area contributed by atoms with Crippen LogP contribution in [-0.4, -0.2) is 64.7 Å². The average molecular weight is 532 g/mol. The molecule has 3 aliphatic rings. The molecule has 0 aromatic heterocycles. The molecule has 1 amide bonds. The number of ether oxygens (including phenoxy) is 1. The van der Waals surface area contributed by atoms with Gasteiger partial charge in [0.05, 0.1) is 24.8 Å². The van der Waals surface area contributed by atoms with Crippen molar-refractivity contribution in [1.29, 1.82) is 0 Å². The zero-order valence-electron chi connectivity index (χ0n) is 19.9. The normalized spacial score (nSPS) is 23.5. The lowest BCUT2D eigenvalue weighted by atomic mass is 9.90. The average Bonchev–Trinajstić information content (AvgIpc) is 3.05. The van der Waals surface area contributed by atoms with E-state index in [0.717, 1.165) is 22.6 Å². The number of halogens is 3. The van der Waals surface area contributed by atoms with Gasteiger partial charge in [0.15, 0.2) is 11.5 Å². The SMILES string of the molecule is C=CC(=O)/C(O)=C1/C(=O)N2CCOC[C@H]2N([C@@H]2c3ccccc3SCc3c2cccc3C(F)(F)F)N1C. The Kier molecular flexibility index (Phi) is 6.55. The van der Waals surface area contributed by atoms with Crippen LogP contribution < -0.4 is 0 Å². The third kappa shape index (κ3) is 4.20. The number of morpholine rings is 1. The fourth-order valence-electron chi connectivity index (χ4n) is 5.18. The van der Waals surface area contributed by atoms with E-state index in [9.17, 15) is 27.9 Å². The van der Waals surface area contributed by atoms with Crippen LogP contribution in [0.3, 0.4) is 0 Å². The minimum atomic E-state index is -4.56. The lowest BCUT2D eigenvalue weighted by Gasteiger charge is -2.54. The molecule has 0 aliphatic carbocycles. The van der Waals surface area contributed by atoms with Crippen LogP contribution in [0.15, 0.2) is 71.5 Å². The minimum absolute atomic E-state index is 0.0969. The molecule has 0 unspecified atom stereocenters. The summed E-state index contributed by atoms with van der Waals surface area (Å²) >= 11 is 1.31. The van der Waals surface area contributed by atoms with E-state index in [1.165, 1.54) is 34.8 Å². The van der Waals surface area contributed by atoms with E-state index in [2.05, 4.69) is 6.58 Å². The van der Waals surface area contributed by atoms with Gasteiger partial charge in [-0.25, -0.2) is 0 Å². The van der Waals surface area contributed by atoms with E-state index in [1.54, 1.807) is 11.1 Å². The van der Waals surface area contributed by atoms with Crippen molar-refractivity contribution in [2.45, 2.75) is 29.0 Å². The molecule has 2 saturated heterocycles. The summed E-state index contributed by atoms with van der Waals surface area (Å²) in [5.74, 6) is -2.08. The van der Waals surface area contributed by atoms with E-state index in [4.69, 9.17) is 4.74 Å². The summed E-state index contributed by atoms with van der Waals surface area (Å²) in [5.41, 5.74) is 0.319. The Morgan fingerprint density at radius 1 is 1.19 bits per heavy atom. The van der Waals surface area contributed by atoms with Crippen LogP contribution in [0.25, 0.3) is 0 Å². The standard InChI is InChI=1S/C26H24F3N3O4S/c1-3-19(33)24(34)23-25(35)31-11-12-36-13-21(31)32(30(23)2)22-15-8-6-9-18(26(27,28)29)17(15)14-37-20-10-5-4-7-16(20)22/h3-10,21-22,34H,1,11-14H2,2H3/b24-23+/t21-,22+/m1/s1. The molecule has 7 nitrogen and oxygen atoms in total. The second kappa shape index (κ2) is 9.55. The first-order valence-electron chi connectivity index (χ1n) is 11.6. The van der Waals surface area contributed by atoms with Gasteiger partial charge in [0.25, 0.3) is 5.91 Å². The molecule has 194 valence electrons. The molecule has 1 N–H and O–H groups in total. The highest BCUT2D eigenvalue weighted by molar-refractivity contribution is 7.98. The highest BCUT2D eigenvalue weighted by Gasteiger charge is 2.49. The van der Waals surface area contributed by atoms with Gasteiger partial charge in [0.1, 0.15) is 6.17 Å². The van der Waals surface area contributed by atoms with Crippen molar-refractivity contribution in [2.24, 2.45) is 0 Å². The van der Waals surface area contributed by atoms with Crippen molar-refractivity contribution in [3.05, 3.63) is 88.8 Å². The van der Waals surface area contributed by atoms with Crippen LogP contribution in [0, 0.1) is 0 Å². The van der Waals surface area contributed by atoms with E-state index >= 15 is 0 Å². The monoisotopic (exact) mass is 531 g/mol.